The molecule has 1 heterocycles. The number of urea groups is 1. The Morgan fingerprint density at radius 1 is 1.35 bits per heavy atom. The zero-order chi connectivity index (χ0) is 16.7. The van der Waals surface area contributed by atoms with Gasteiger partial charge in [0, 0.05) is 30.6 Å². The highest BCUT2D eigenvalue weighted by Crippen LogP contribution is 2.32. The Labute approximate surface area is 141 Å². The quantitative estimate of drug-likeness (QED) is 0.842. The van der Waals surface area contributed by atoms with E-state index >= 15 is 0 Å². The lowest BCUT2D eigenvalue weighted by atomic mass is 10.2. The van der Waals surface area contributed by atoms with Gasteiger partial charge in [-0.2, -0.15) is 0 Å². The third kappa shape index (κ3) is 4.76. The van der Waals surface area contributed by atoms with Gasteiger partial charge in [-0.25, -0.2) is 9.78 Å². The SMILES string of the molecule is C#CCC(C)N(C)C(=O)Nc1ccccc1Sc1ccccn1. The van der Waals surface area contributed by atoms with Gasteiger partial charge in [-0.1, -0.05) is 30.0 Å². The first-order valence-electron chi connectivity index (χ1n) is 7.27. The van der Waals surface area contributed by atoms with Crippen molar-refractivity contribution >= 4 is 23.5 Å². The summed E-state index contributed by atoms with van der Waals surface area (Å²) in [5.74, 6) is 2.58. The average molecular weight is 325 g/mol. The van der Waals surface area contributed by atoms with Crippen LogP contribution in [0.15, 0.2) is 58.6 Å². The maximum Gasteiger partial charge on any atom is 0.321 e. The molecular formula is C18H19N3OS. The van der Waals surface area contributed by atoms with Gasteiger partial charge >= 0.3 is 6.03 Å². The van der Waals surface area contributed by atoms with Crippen molar-refractivity contribution in [3.63, 3.8) is 0 Å². The van der Waals surface area contributed by atoms with Crippen LogP contribution >= 0.6 is 11.8 Å². The van der Waals surface area contributed by atoms with Crippen molar-refractivity contribution < 1.29 is 4.79 Å². The van der Waals surface area contributed by atoms with Gasteiger partial charge < -0.3 is 10.2 Å². The normalized spacial score (nSPS) is 11.3. The van der Waals surface area contributed by atoms with Crippen molar-refractivity contribution in [1.82, 2.24) is 9.88 Å². The molecule has 0 fully saturated rings. The van der Waals surface area contributed by atoms with E-state index in [1.807, 2.05) is 49.4 Å². The topological polar surface area (TPSA) is 45.2 Å². The molecule has 0 saturated carbocycles. The fourth-order valence-corrected chi connectivity index (χ4v) is 2.75. The highest BCUT2D eigenvalue weighted by Gasteiger charge is 2.16. The number of hydrogen-bond donors (Lipinski definition) is 1. The molecule has 0 aliphatic carbocycles. The van der Waals surface area contributed by atoms with Crippen LogP contribution in [0, 0.1) is 12.3 Å². The number of benzene rings is 1. The molecule has 0 bridgehead atoms. The lowest BCUT2D eigenvalue weighted by molar-refractivity contribution is 0.208. The summed E-state index contributed by atoms with van der Waals surface area (Å²) < 4.78 is 0. The maximum atomic E-state index is 12.4. The molecule has 2 amide bonds. The van der Waals surface area contributed by atoms with Crippen molar-refractivity contribution in [2.24, 2.45) is 0 Å². The van der Waals surface area contributed by atoms with Gasteiger partial charge in [0.1, 0.15) is 5.03 Å². The van der Waals surface area contributed by atoms with Crippen LogP contribution in [0.1, 0.15) is 13.3 Å². The number of anilines is 1. The van der Waals surface area contributed by atoms with E-state index in [9.17, 15) is 4.79 Å². The monoisotopic (exact) mass is 325 g/mol. The van der Waals surface area contributed by atoms with Crippen LogP contribution in [0.4, 0.5) is 10.5 Å². The van der Waals surface area contributed by atoms with Crippen LogP contribution in [-0.2, 0) is 0 Å². The van der Waals surface area contributed by atoms with Crippen LogP contribution < -0.4 is 5.32 Å². The summed E-state index contributed by atoms with van der Waals surface area (Å²) in [5.41, 5.74) is 0.757. The van der Waals surface area contributed by atoms with E-state index in [0.717, 1.165) is 15.6 Å². The highest BCUT2D eigenvalue weighted by atomic mass is 32.2. The van der Waals surface area contributed by atoms with Gasteiger partial charge in [-0.15, -0.1) is 12.3 Å². The summed E-state index contributed by atoms with van der Waals surface area (Å²) in [6.45, 7) is 1.92. The molecule has 0 saturated heterocycles. The molecule has 1 aromatic carbocycles. The van der Waals surface area contributed by atoms with Crippen molar-refractivity contribution in [3.05, 3.63) is 48.7 Å². The third-order valence-corrected chi connectivity index (χ3v) is 4.40. The first-order valence-corrected chi connectivity index (χ1v) is 8.08. The number of aromatic nitrogens is 1. The number of para-hydroxylation sites is 1. The lowest BCUT2D eigenvalue weighted by Crippen LogP contribution is -2.38. The zero-order valence-electron chi connectivity index (χ0n) is 13.2. The predicted molar refractivity (Wildman–Crippen MR) is 94.5 cm³/mol. The fourth-order valence-electron chi connectivity index (χ4n) is 1.89. The molecule has 4 nitrogen and oxygen atoms in total. The third-order valence-electron chi connectivity index (χ3n) is 3.38. The van der Waals surface area contributed by atoms with Crippen LogP contribution in [0.2, 0.25) is 0 Å². The van der Waals surface area contributed by atoms with Crippen LogP contribution in [-0.4, -0.2) is 29.0 Å². The number of nitrogens with zero attached hydrogens (tertiary/aromatic N) is 2. The molecule has 1 aromatic heterocycles. The van der Waals surface area contributed by atoms with Crippen LogP contribution in [0.3, 0.4) is 0 Å². The molecule has 1 atom stereocenters. The summed E-state index contributed by atoms with van der Waals surface area (Å²) >= 11 is 1.51. The summed E-state index contributed by atoms with van der Waals surface area (Å²) in [6.07, 6.45) is 7.58. The van der Waals surface area contributed by atoms with Gasteiger partial charge in [0.25, 0.3) is 0 Å². The number of carbonyl (C=O) groups excluding carboxylic acids is 1. The molecule has 0 spiro atoms. The van der Waals surface area contributed by atoms with Crippen molar-refractivity contribution in [3.8, 4) is 12.3 Å². The minimum absolute atomic E-state index is 0.0180. The second-order valence-electron chi connectivity index (χ2n) is 5.06. The van der Waals surface area contributed by atoms with E-state index in [4.69, 9.17) is 6.42 Å². The Morgan fingerprint density at radius 2 is 2.09 bits per heavy atom. The first-order chi connectivity index (χ1) is 11.1. The van der Waals surface area contributed by atoms with E-state index in [1.165, 1.54) is 11.8 Å². The van der Waals surface area contributed by atoms with E-state index in [0.29, 0.717) is 6.42 Å². The van der Waals surface area contributed by atoms with Gasteiger partial charge in [0.15, 0.2) is 0 Å². The van der Waals surface area contributed by atoms with E-state index in [1.54, 1.807) is 18.1 Å². The van der Waals surface area contributed by atoms with Crippen molar-refractivity contribution in [1.29, 1.82) is 0 Å². The molecule has 2 aromatic rings. The van der Waals surface area contributed by atoms with E-state index in [2.05, 4.69) is 16.2 Å². The summed E-state index contributed by atoms with van der Waals surface area (Å²) in [4.78, 5) is 19.2. The summed E-state index contributed by atoms with van der Waals surface area (Å²) in [7, 11) is 1.74. The number of hydrogen-bond acceptors (Lipinski definition) is 3. The molecule has 5 heteroatoms. The average Bonchev–Trinajstić information content (AvgIpc) is 2.57. The minimum Gasteiger partial charge on any atom is -0.324 e. The molecule has 0 aliphatic heterocycles. The highest BCUT2D eigenvalue weighted by molar-refractivity contribution is 7.99. The Hall–Kier alpha value is -2.45. The Balaban J connectivity index is 2.11. The number of carbonyl (C=O) groups is 1. The number of terminal acetylenes is 1. The Kier molecular flexibility index (Phi) is 6.07. The van der Waals surface area contributed by atoms with E-state index < -0.39 is 0 Å². The lowest BCUT2D eigenvalue weighted by Gasteiger charge is -2.24. The second-order valence-corrected chi connectivity index (χ2v) is 6.13. The molecule has 2 rings (SSSR count). The number of pyridine rings is 1. The number of rotatable bonds is 5. The predicted octanol–water partition coefficient (Wildman–Crippen LogP) is 4.11. The second kappa shape index (κ2) is 8.25. The molecule has 0 aliphatic rings. The van der Waals surface area contributed by atoms with Crippen molar-refractivity contribution in [2.45, 2.75) is 29.3 Å². The van der Waals surface area contributed by atoms with E-state index in [-0.39, 0.29) is 12.1 Å². The molecule has 1 N–H and O–H groups in total. The van der Waals surface area contributed by atoms with Gasteiger partial charge in [-0.3, -0.25) is 0 Å². The molecule has 0 radical (unpaired) electrons. The zero-order valence-corrected chi connectivity index (χ0v) is 14.0. The fraction of sp³-hybridized carbons (Fsp3) is 0.222. The molecule has 23 heavy (non-hydrogen) atoms. The maximum absolute atomic E-state index is 12.4. The Bertz CT molecular complexity index is 697. The number of nitrogens with one attached hydrogen (secondary N) is 1. The molecule has 1 unspecified atom stereocenters. The van der Waals surface area contributed by atoms with Crippen LogP contribution in [0.5, 0.6) is 0 Å². The van der Waals surface area contributed by atoms with Crippen molar-refractivity contribution in [2.75, 3.05) is 12.4 Å². The van der Waals surface area contributed by atoms with Crippen LogP contribution in [0.25, 0.3) is 0 Å². The standard InChI is InChI=1S/C18H19N3OS/c1-4-9-14(2)21(3)18(22)20-15-10-5-6-11-16(15)23-17-12-7-8-13-19-17/h1,5-8,10-14H,9H2,2-3H3,(H,20,22). The minimum atomic E-state index is -0.179. The molecule has 118 valence electrons. The summed E-state index contributed by atoms with van der Waals surface area (Å²) in [6, 6.07) is 13.2. The van der Waals surface area contributed by atoms with Gasteiger partial charge in [0.05, 0.1) is 5.69 Å². The smallest absolute Gasteiger partial charge is 0.321 e. The van der Waals surface area contributed by atoms with Gasteiger partial charge in [-0.05, 0) is 31.2 Å². The largest absolute Gasteiger partial charge is 0.324 e. The summed E-state index contributed by atoms with van der Waals surface area (Å²) in [5, 5.41) is 3.82. The first kappa shape index (κ1) is 16.9. The van der Waals surface area contributed by atoms with Gasteiger partial charge in [0.2, 0.25) is 0 Å². The molecular weight excluding hydrogens is 306 g/mol. The Morgan fingerprint density at radius 3 is 2.78 bits per heavy atom. The number of amides is 2.